The van der Waals surface area contributed by atoms with E-state index in [1.54, 1.807) is 0 Å². The Morgan fingerprint density at radius 2 is 1.80 bits per heavy atom. The Kier molecular flexibility index (Phi) is 14.1. The molecule has 0 saturated carbocycles. The van der Waals surface area contributed by atoms with Crippen molar-refractivity contribution in [2.75, 3.05) is 6.61 Å². The molecule has 1 nitrogen and oxygen atoms in total. The van der Waals surface area contributed by atoms with Gasteiger partial charge in [-0.2, -0.15) is 0 Å². The van der Waals surface area contributed by atoms with Crippen LogP contribution in [0.2, 0.25) is 5.32 Å². The van der Waals surface area contributed by atoms with Gasteiger partial charge < -0.3 is 0 Å². The predicted molar refractivity (Wildman–Crippen MR) is 68.0 cm³/mol. The first-order valence-electron chi connectivity index (χ1n) is 6.12. The summed E-state index contributed by atoms with van der Waals surface area (Å²) in [4.78, 5) is 3.30. The van der Waals surface area contributed by atoms with Gasteiger partial charge in [0.25, 0.3) is 0 Å². The van der Waals surface area contributed by atoms with Gasteiger partial charge in [0.05, 0.1) is 0 Å². The van der Waals surface area contributed by atoms with Crippen LogP contribution in [-0.4, -0.2) is 26.7 Å². The molecule has 0 rings (SSSR count). The van der Waals surface area contributed by atoms with Crippen LogP contribution in [0.5, 0.6) is 0 Å². The van der Waals surface area contributed by atoms with Crippen molar-refractivity contribution >= 4 is 15.0 Å². The number of hydrogen-bond donors (Lipinski definition) is 1. The summed E-state index contributed by atoms with van der Waals surface area (Å²) in [6, 6.07) is 0. The summed E-state index contributed by atoms with van der Waals surface area (Å²) < 4.78 is 0. The van der Waals surface area contributed by atoms with Crippen LogP contribution in [0.15, 0.2) is 0 Å². The topological polar surface area (TPSA) is 20.2 Å². The van der Waals surface area contributed by atoms with Crippen molar-refractivity contribution < 1.29 is 5.11 Å². The predicted octanol–water partition coefficient (Wildman–Crippen LogP) is 3.20. The van der Waals surface area contributed by atoms with Gasteiger partial charge in [-0.15, -0.1) is 0 Å². The van der Waals surface area contributed by atoms with E-state index in [4.69, 9.17) is 5.11 Å². The quantitative estimate of drug-likeness (QED) is 0.389. The van der Waals surface area contributed by atoms with Gasteiger partial charge in [0.2, 0.25) is 0 Å². The third-order valence-electron chi connectivity index (χ3n) is 2.20. The number of unbranched alkanes of at least 4 members (excludes halogenated alkanes) is 6. The molecular formula is C13H24OSe. The molecule has 0 fully saturated rings. The third-order valence-corrected chi connectivity index (χ3v) is 3.84. The van der Waals surface area contributed by atoms with E-state index >= 15 is 0 Å². The number of rotatable bonds is 9. The minimum atomic E-state index is 0.350. The summed E-state index contributed by atoms with van der Waals surface area (Å²) in [5, 5.41) is 9.88. The molecule has 0 heterocycles. The Balaban J connectivity index is 3.02. The molecule has 88 valence electrons. The zero-order chi connectivity index (χ0) is 11.2. The molecule has 0 saturated heterocycles. The molecule has 0 aromatic carbocycles. The van der Waals surface area contributed by atoms with Crippen molar-refractivity contribution in [2.24, 2.45) is 0 Å². The second-order valence-electron chi connectivity index (χ2n) is 3.72. The second-order valence-corrected chi connectivity index (χ2v) is 5.61. The molecule has 0 aromatic rings. The molecule has 2 heteroatoms. The van der Waals surface area contributed by atoms with Gasteiger partial charge in [0.1, 0.15) is 0 Å². The first-order chi connectivity index (χ1) is 7.41. The monoisotopic (exact) mass is 276 g/mol. The fourth-order valence-electron chi connectivity index (χ4n) is 1.26. The molecule has 0 bridgehead atoms. The van der Waals surface area contributed by atoms with Crippen LogP contribution in [0, 0.1) is 10.7 Å². The summed E-state index contributed by atoms with van der Waals surface area (Å²) >= 11 is 0.547. The Labute approximate surface area is 101 Å². The maximum atomic E-state index is 8.59. The van der Waals surface area contributed by atoms with E-state index in [1.807, 2.05) is 0 Å². The Hall–Kier alpha value is 0.0395. The van der Waals surface area contributed by atoms with E-state index in [-0.39, 0.29) is 0 Å². The molecule has 0 aliphatic heterocycles. The Morgan fingerprint density at radius 3 is 2.53 bits per heavy atom. The molecule has 0 unspecified atom stereocenters. The summed E-state index contributed by atoms with van der Waals surface area (Å²) in [7, 11) is 0. The SMILES string of the molecule is CCCCCC#C[Se]CCCCCCO. The van der Waals surface area contributed by atoms with Crippen LogP contribution < -0.4 is 0 Å². The molecule has 0 spiro atoms. The average Bonchev–Trinajstić information content (AvgIpc) is 2.26. The van der Waals surface area contributed by atoms with E-state index in [2.05, 4.69) is 17.7 Å². The van der Waals surface area contributed by atoms with Gasteiger partial charge in [0, 0.05) is 0 Å². The van der Waals surface area contributed by atoms with Crippen molar-refractivity contribution in [3.63, 3.8) is 0 Å². The van der Waals surface area contributed by atoms with Crippen LogP contribution in [0.25, 0.3) is 0 Å². The summed E-state index contributed by atoms with van der Waals surface area (Å²) in [6.07, 6.45) is 9.69. The number of aliphatic hydroxyl groups excluding tert-OH is 1. The van der Waals surface area contributed by atoms with Gasteiger partial charge in [0.15, 0.2) is 0 Å². The molecule has 15 heavy (non-hydrogen) atoms. The maximum absolute atomic E-state index is 8.59. The standard InChI is InChI=1S/C13H24OSe/c1-2-3-4-6-9-12-15-13-10-7-5-8-11-14/h14H,2-8,10-11,13H2,1H3. The first-order valence-corrected chi connectivity index (χ1v) is 8.19. The van der Waals surface area contributed by atoms with Crippen LogP contribution in [-0.2, 0) is 0 Å². The van der Waals surface area contributed by atoms with Crippen molar-refractivity contribution in [2.45, 2.75) is 63.6 Å². The van der Waals surface area contributed by atoms with Crippen LogP contribution in [0.1, 0.15) is 58.3 Å². The third kappa shape index (κ3) is 14.0. The van der Waals surface area contributed by atoms with E-state index in [0.717, 1.165) is 12.8 Å². The molecule has 0 aliphatic rings. The molecule has 0 aliphatic carbocycles. The summed E-state index contributed by atoms with van der Waals surface area (Å²) in [5.41, 5.74) is 0. The van der Waals surface area contributed by atoms with Gasteiger partial charge >= 0.3 is 101 Å². The number of aliphatic hydroxyl groups is 1. The van der Waals surface area contributed by atoms with Crippen molar-refractivity contribution in [1.82, 2.24) is 0 Å². The van der Waals surface area contributed by atoms with Crippen LogP contribution in [0.4, 0.5) is 0 Å². The van der Waals surface area contributed by atoms with E-state index < -0.39 is 0 Å². The normalized spacial score (nSPS) is 9.73. The molecular weight excluding hydrogens is 251 g/mol. The Morgan fingerprint density at radius 1 is 1.00 bits per heavy atom. The summed E-state index contributed by atoms with van der Waals surface area (Å²) in [5.74, 6) is 3.26. The van der Waals surface area contributed by atoms with E-state index in [9.17, 15) is 0 Å². The van der Waals surface area contributed by atoms with E-state index in [1.165, 1.54) is 43.8 Å². The van der Waals surface area contributed by atoms with Gasteiger partial charge in [-0.1, -0.05) is 0 Å². The molecule has 0 radical (unpaired) electrons. The average molecular weight is 275 g/mol. The van der Waals surface area contributed by atoms with Crippen LogP contribution in [0.3, 0.4) is 0 Å². The zero-order valence-corrected chi connectivity index (χ0v) is 11.6. The van der Waals surface area contributed by atoms with E-state index in [0.29, 0.717) is 21.6 Å². The van der Waals surface area contributed by atoms with Crippen molar-refractivity contribution in [3.05, 3.63) is 0 Å². The zero-order valence-electron chi connectivity index (χ0n) is 9.93. The van der Waals surface area contributed by atoms with Crippen molar-refractivity contribution in [3.8, 4) is 10.7 Å². The number of hydrogen-bond acceptors (Lipinski definition) is 1. The minimum absolute atomic E-state index is 0.350. The molecule has 1 N–H and O–H groups in total. The van der Waals surface area contributed by atoms with Gasteiger partial charge in [-0.25, -0.2) is 0 Å². The van der Waals surface area contributed by atoms with Gasteiger partial charge in [-0.05, 0) is 0 Å². The molecule has 0 atom stereocenters. The Bertz CT molecular complexity index is 169. The van der Waals surface area contributed by atoms with Gasteiger partial charge in [-0.3, -0.25) is 0 Å². The first kappa shape index (κ1) is 15.0. The molecule has 0 amide bonds. The summed E-state index contributed by atoms with van der Waals surface area (Å²) in [6.45, 7) is 2.58. The molecule has 0 aromatic heterocycles. The fraction of sp³-hybridized carbons (Fsp3) is 0.846. The van der Waals surface area contributed by atoms with Crippen LogP contribution >= 0.6 is 0 Å². The fourth-order valence-corrected chi connectivity index (χ4v) is 2.63. The second kappa shape index (κ2) is 14.0. The van der Waals surface area contributed by atoms with Crippen molar-refractivity contribution in [1.29, 1.82) is 0 Å².